The van der Waals surface area contributed by atoms with Gasteiger partial charge < -0.3 is 15.5 Å². The quantitative estimate of drug-likeness (QED) is 0.0459. The molecule has 0 radical (unpaired) electrons. The Morgan fingerprint density at radius 3 is 1.23 bits per heavy atom. The van der Waals surface area contributed by atoms with Gasteiger partial charge in [0.2, 0.25) is 5.91 Å². The SMILES string of the molecule is CCCCCCCCCCC/C=C\CCCCCCCCCC(=O)NC(CO)C(O)/C=C/CC/C=C/CCCCCCCCCCC. The normalized spacial score (nSPS) is 13.4. The minimum Gasteiger partial charge on any atom is -0.394 e. The van der Waals surface area contributed by atoms with E-state index in [1.807, 2.05) is 6.08 Å². The van der Waals surface area contributed by atoms with Crippen LogP contribution in [0.4, 0.5) is 0 Å². The van der Waals surface area contributed by atoms with Crippen molar-refractivity contribution in [1.82, 2.24) is 5.32 Å². The van der Waals surface area contributed by atoms with Crippen molar-refractivity contribution >= 4 is 5.91 Å². The summed E-state index contributed by atoms with van der Waals surface area (Å²) in [6, 6.07) is -0.639. The van der Waals surface area contributed by atoms with Gasteiger partial charge in [-0.15, -0.1) is 0 Å². The van der Waals surface area contributed by atoms with Crippen LogP contribution in [-0.2, 0) is 4.79 Å². The van der Waals surface area contributed by atoms with Gasteiger partial charge in [-0.3, -0.25) is 4.79 Å². The van der Waals surface area contributed by atoms with E-state index in [9.17, 15) is 15.0 Å². The van der Waals surface area contributed by atoms with Crippen LogP contribution < -0.4 is 5.32 Å². The van der Waals surface area contributed by atoms with E-state index in [0.717, 1.165) is 32.1 Å². The minimum atomic E-state index is -0.861. The number of nitrogens with one attached hydrogen (secondary N) is 1. The molecule has 47 heavy (non-hydrogen) atoms. The number of carbonyl (C=O) groups is 1. The topological polar surface area (TPSA) is 69.6 Å². The summed E-state index contributed by atoms with van der Waals surface area (Å²) in [5.41, 5.74) is 0. The fraction of sp³-hybridized carbons (Fsp3) is 0.837. The van der Waals surface area contributed by atoms with E-state index in [1.165, 1.54) is 161 Å². The summed E-state index contributed by atoms with van der Waals surface area (Å²) in [6.07, 6.45) is 51.0. The number of unbranched alkanes of at least 4 members (excludes halogenated alkanes) is 26. The molecule has 0 aliphatic carbocycles. The smallest absolute Gasteiger partial charge is 0.220 e. The van der Waals surface area contributed by atoms with Crippen molar-refractivity contribution in [3.8, 4) is 0 Å². The Morgan fingerprint density at radius 2 is 0.830 bits per heavy atom. The van der Waals surface area contributed by atoms with E-state index >= 15 is 0 Å². The number of aliphatic hydroxyl groups excluding tert-OH is 2. The molecule has 0 aromatic heterocycles. The Kier molecular flexibility index (Phi) is 37.9. The third kappa shape index (κ3) is 35.7. The van der Waals surface area contributed by atoms with E-state index in [-0.39, 0.29) is 12.5 Å². The van der Waals surface area contributed by atoms with Crippen molar-refractivity contribution in [2.75, 3.05) is 6.61 Å². The summed E-state index contributed by atoms with van der Waals surface area (Å²) < 4.78 is 0. The number of rotatable bonds is 37. The molecule has 0 rings (SSSR count). The molecule has 276 valence electrons. The molecule has 0 saturated carbocycles. The van der Waals surface area contributed by atoms with Gasteiger partial charge in [-0.05, 0) is 57.8 Å². The maximum absolute atomic E-state index is 12.3. The van der Waals surface area contributed by atoms with E-state index in [0.29, 0.717) is 6.42 Å². The maximum Gasteiger partial charge on any atom is 0.220 e. The van der Waals surface area contributed by atoms with E-state index in [4.69, 9.17) is 0 Å². The van der Waals surface area contributed by atoms with Crippen molar-refractivity contribution in [2.45, 2.75) is 225 Å². The lowest BCUT2D eigenvalue weighted by molar-refractivity contribution is -0.123. The van der Waals surface area contributed by atoms with Gasteiger partial charge in [-0.1, -0.05) is 185 Å². The Balaban J connectivity index is 3.62. The summed E-state index contributed by atoms with van der Waals surface area (Å²) >= 11 is 0. The molecule has 0 spiro atoms. The molecule has 3 N–H and O–H groups in total. The molecule has 0 aliphatic heterocycles. The molecule has 0 aromatic carbocycles. The highest BCUT2D eigenvalue weighted by Crippen LogP contribution is 2.13. The van der Waals surface area contributed by atoms with Gasteiger partial charge in [0.05, 0.1) is 18.8 Å². The van der Waals surface area contributed by atoms with Crippen LogP contribution in [0.5, 0.6) is 0 Å². The molecule has 0 aliphatic rings. The van der Waals surface area contributed by atoms with Gasteiger partial charge in [0, 0.05) is 6.42 Å². The summed E-state index contributed by atoms with van der Waals surface area (Å²) in [5, 5.41) is 22.9. The van der Waals surface area contributed by atoms with Crippen LogP contribution >= 0.6 is 0 Å². The highest BCUT2D eigenvalue weighted by atomic mass is 16.3. The second-order valence-corrected chi connectivity index (χ2v) is 14.0. The first-order valence-corrected chi connectivity index (χ1v) is 20.7. The predicted octanol–water partition coefficient (Wildman–Crippen LogP) is 12.6. The number of carbonyl (C=O) groups excluding carboxylic acids is 1. The van der Waals surface area contributed by atoms with Crippen LogP contribution in [0.3, 0.4) is 0 Å². The number of hydrogen-bond acceptors (Lipinski definition) is 3. The van der Waals surface area contributed by atoms with Crippen LogP contribution in [0.25, 0.3) is 0 Å². The van der Waals surface area contributed by atoms with Crippen molar-refractivity contribution in [3.05, 3.63) is 36.5 Å². The molecular weight excluding hydrogens is 578 g/mol. The van der Waals surface area contributed by atoms with Gasteiger partial charge in [0.25, 0.3) is 0 Å². The van der Waals surface area contributed by atoms with Crippen molar-refractivity contribution in [3.63, 3.8) is 0 Å². The molecule has 1 amide bonds. The highest BCUT2D eigenvalue weighted by Gasteiger charge is 2.17. The van der Waals surface area contributed by atoms with Crippen LogP contribution in [0.15, 0.2) is 36.5 Å². The predicted molar refractivity (Wildman–Crippen MR) is 207 cm³/mol. The van der Waals surface area contributed by atoms with Crippen LogP contribution in [-0.4, -0.2) is 34.9 Å². The Bertz CT molecular complexity index is 716. The largest absolute Gasteiger partial charge is 0.394 e. The lowest BCUT2D eigenvalue weighted by atomic mass is 10.1. The van der Waals surface area contributed by atoms with E-state index in [1.54, 1.807) is 6.08 Å². The Labute approximate surface area is 293 Å². The van der Waals surface area contributed by atoms with Crippen molar-refractivity contribution in [2.24, 2.45) is 0 Å². The molecule has 0 heterocycles. The number of amides is 1. The molecule has 2 atom stereocenters. The van der Waals surface area contributed by atoms with Crippen molar-refractivity contribution < 1.29 is 15.0 Å². The third-order valence-corrected chi connectivity index (χ3v) is 9.35. The zero-order valence-electron chi connectivity index (χ0n) is 31.5. The molecule has 0 fully saturated rings. The van der Waals surface area contributed by atoms with Gasteiger partial charge in [0.15, 0.2) is 0 Å². The number of aliphatic hydroxyl groups is 2. The van der Waals surface area contributed by atoms with Gasteiger partial charge in [-0.2, -0.15) is 0 Å². The molecule has 0 bridgehead atoms. The molecular formula is C43H81NO3. The summed E-state index contributed by atoms with van der Waals surface area (Å²) in [7, 11) is 0. The summed E-state index contributed by atoms with van der Waals surface area (Å²) in [5.74, 6) is -0.0786. The van der Waals surface area contributed by atoms with Gasteiger partial charge >= 0.3 is 0 Å². The van der Waals surface area contributed by atoms with E-state index in [2.05, 4.69) is 43.5 Å². The minimum absolute atomic E-state index is 0.0786. The number of allylic oxidation sites excluding steroid dienone is 5. The van der Waals surface area contributed by atoms with Gasteiger partial charge in [-0.25, -0.2) is 0 Å². The third-order valence-electron chi connectivity index (χ3n) is 9.35. The molecule has 0 aromatic rings. The van der Waals surface area contributed by atoms with Crippen molar-refractivity contribution in [1.29, 1.82) is 0 Å². The zero-order chi connectivity index (χ0) is 34.3. The second kappa shape index (κ2) is 39.1. The monoisotopic (exact) mass is 660 g/mol. The standard InChI is InChI=1S/C43H81NO3/c1-3-5-7-9-11-13-15-17-19-20-21-22-23-25-27-29-31-33-35-37-39-43(47)44-41(40-45)42(46)38-36-34-32-30-28-26-24-18-16-14-12-10-8-6-4-2/h21-22,28,30,36,38,41-42,45-46H,3-20,23-27,29,31-35,37,39-40H2,1-2H3,(H,44,47)/b22-21-,30-28+,38-36+. The first-order valence-electron chi connectivity index (χ1n) is 20.7. The van der Waals surface area contributed by atoms with Crippen LogP contribution in [0.1, 0.15) is 213 Å². The highest BCUT2D eigenvalue weighted by molar-refractivity contribution is 5.76. The fourth-order valence-electron chi connectivity index (χ4n) is 6.13. The first-order chi connectivity index (χ1) is 23.2. The first kappa shape index (κ1) is 45.6. The Hall–Kier alpha value is -1.39. The van der Waals surface area contributed by atoms with Crippen LogP contribution in [0.2, 0.25) is 0 Å². The summed E-state index contributed by atoms with van der Waals surface area (Å²) in [4.78, 5) is 12.3. The molecule has 4 heteroatoms. The molecule has 2 unspecified atom stereocenters. The zero-order valence-corrected chi connectivity index (χ0v) is 31.5. The maximum atomic E-state index is 12.3. The van der Waals surface area contributed by atoms with Gasteiger partial charge in [0.1, 0.15) is 0 Å². The fourth-order valence-corrected chi connectivity index (χ4v) is 6.13. The second-order valence-electron chi connectivity index (χ2n) is 14.0. The van der Waals surface area contributed by atoms with E-state index < -0.39 is 12.1 Å². The lowest BCUT2D eigenvalue weighted by Crippen LogP contribution is -2.45. The lowest BCUT2D eigenvalue weighted by Gasteiger charge is -2.19. The average molecular weight is 660 g/mol. The molecule has 4 nitrogen and oxygen atoms in total. The number of hydrogen-bond donors (Lipinski definition) is 3. The Morgan fingerprint density at radius 1 is 0.489 bits per heavy atom. The average Bonchev–Trinajstić information content (AvgIpc) is 3.07. The van der Waals surface area contributed by atoms with Crippen LogP contribution in [0, 0.1) is 0 Å². The summed E-state index contributed by atoms with van der Waals surface area (Å²) in [6.45, 7) is 4.29. The molecule has 0 saturated heterocycles.